The number of anilines is 3. The molecule has 2 aliphatic rings. The molecule has 0 amide bonds. The first-order valence-corrected chi connectivity index (χ1v) is 28.2. The summed E-state index contributed by atoms with van der Waals surface area (Å²) in [5.41, 5.74) is 22.5. The van der Waals surface area contributed by atoms with Gasteiger partial charge in [0.2, 0.25) is 0 Å². The number of fused-ring (bicyclic) bond motifs is 12. The Hall–Kier alpha value is -10.3. The van der Waals surface area contributed by atoms with E-state index in [0.717, 1.165) is 17.1 Å². The smallest absolute Gasteiger partial charge is 0.0713 e. The normalized spacial score (nSPS) is 13.4. The Kier molecular flexibility index (Phi) is 10.8. The average Bonchev–Trinajstić information content (AvgIpc) is 3.65. The van der Waals surface area contributed by atoms with Crippen LogP contribution in [-0.4, -0.2) is 0 Å². The van der Waals surface area contributed by atoms with Crippen molar-refractivity contribution in [2.24, 2.45) is 0 Å². The van der Waals surface area contributed by atoms with Gasteiger partial charge in [-0.1, -0.05) is 279 Å². The van der Waals surface area contributed by atoms with Gasteiger partial charge in [0.1, 0.15) is 0 Å². The summed E-state index contributed by atoms with van der Waals surface area (Å²) in [5.74, 6) is 0. The van der Waals surface area contributed by atoms with Gasteiger partial charge < -0.3 is 4.90 Å². The van der Waals surface area contributed by atoms with E-state index in [1.165, 1.54) is 121 Å². The van der Waals surface area contributed by atoms with Gasteiger partial charge in [0.25, 0.3) is 0 Å². The van der Waals surface area contributed by atoms with Crippen LogP contribution in [0.4, 0.5) is 17.1 Å². The van der Waals surface area contributed by atoms with Gasteiger partial charge in [0, 0.05) is 17.1 Å². The van der Waals surface area contributed by atoms with Crippen molar-refractivity contribution < 1.29 is 0 Å². The standard InChI is InChI=1S/C80H53N/c1-5-22-57(23-6-1)79(58-24-7-2-8-25-58)75-38-20-18-35-72(75)78-64(36-21-39-76(78)79)55-42-47-62(48-43-55)81(63-49-51-69-67-32-14-13-30-65(67)66-31-15-16-33-68(66)73(69)53-63)61-45-40-54(41-46-61)56-44-50-71-70-34-17-19-37-74(70)80(77(71)52-56,59-26-9-3-10-27-59)60-28-11-4-12-29-60/h1-53H. The van der Waals surface area contributed by atoms with Crippen LogP contribution in [-0.2, 0) is 10.8 Å². The van der Waals surface area contributed by atoms with Crippen molar-refractivity contribution in [2.45, 2.75) is 10.8 Å². The van der Waals surface area contributed by atoms with Crippen molar-refractivity contribution in [3.05, 3.63) is 366 Å². The van der Waals surface area contributed by atoms with Gasteiger partial charge in [0.05, 0.1) is 10.8 Å². The maximum atomic E-state index is 2.46. The summed E-state index contributed by atoms with van der Waals surface area (Å²) in [6, 6.07) is 120. The Morgan fingerprint density at radius 2 is 0.568 bits per heavy atom. The molecule has 2 aliphatic carbocycles. The molecule has 0 atom stereocenters. The summed E-state index contributed by atoms with van der Waals surface area (Å²) in [6.07, 6.45) is 0. The van der Waals surface area contributed by atoms with E-state index in [1.807, 2.05) is 0 Å². The summed E-state index contributed by atoms with van der Waals surface area (Å²) in [7, 11) is 0. The molecule has 0 fully saturated rings. The average molecular weight is 1030 g/mol. The number of benzene rings is 14. The molecule has 81 heavy (non-hydrogen) atoms. The van der Waals surface area contributed by atoms with Crippen LogP contribution >= 0.6 is 0 Å². The number of hydrogen-bond donors (Lipinski definition) is 0. The van der Waals surface area contributed by atoms with Crippen molar-refractivity contribution in [3.8, 4) is 44.5 Å². The van der Waals surface area contributed by atoms with Crippen molar-refractivity contribution in [3.63, 3.8) is 0 Å². The monoisotopic (exact) mass is 1030 g/mol. The SMILES string of the molecule is c1ccc(C2(c3ccccc3)c3ccccc3-c3ccc(-c4ccc(N(c5ccc(-c6cccc7c6-c6ccccc6C7(c6ccccc6)c6ccccc6)cc5)c5ccc6c7ccccc7c7ccccc7c6c5)cc4)cc32)cc1. The van der Waals surface area contributed by atoms with Crippen molar-refractivity contribution in [1.29, 1.82) is 0 Å². The third-order valence-corrected chi connectivity index (χ3v) is 17.8. The molecule has 1 nitrogen and oxygen atoms in total. The lowest BCUT2D eigenvalue weighted by Gasteiger charge is -2.34. The molecule has 0 heterocycles. The van der Waals surface area contributed by atoms with E-state index in [4.69, 9.17) is 0 Å². The van der Waals surface area contributed by atoms with Crippen LogP contribution < -0.4 is 4.90 Å². The summed E-state index contributed by atoms with van der Waals surface area (Å²) in [5, 5.41) is 7.54. The molecule has 14 aromatic carbocycles. The quantitative estimate of drug-likeness (QED) is 0.130. The molecule has 0 unspecified atom stereocenters. The van der Waals surface area contributed by atoms with E-state index in [-0.39, 0.29) is 0 Å². The van der Waals surface area contributed by atoms with Crippen molar-refractivity contribution in [2.75, 3.05) is 4.90 Å². The van der Waals surface area contributed by atoms with Crippen LogP contribution in [0.2, 0.25) is 0 Å². The fourth-order valence-electron chi connectivity index (χ4n) is 14.4. The van der Waals surface area contributed by atoms with E-state index < -0.39 is 10.8 Å². The molecule has 0 saturated heterocycles. The molecular formula is C80H53N. The summed E-state index contributed by atoms with van der Waals surface area (Å²) in [4.78, 5) is 2.44. The lowest BCUT2D eigenvalue weighted by Crippen LogP contribution is -2.28. The zero-order chi connectivity index (χ0) is 53.5. The van der Waals surface area contributed by atoms with E-state index in [2.05, 4.69) is 326 Å². The highest BCUT2D eigenvalue weighted by Gasteiger charge is 2.48. The lowest BCUT2D eigenvalue weighted by atomic mass is 9.67. The zero-order valence-electron chi connectivity index (χ0n) is 44.5. The summed E-state index contributed by atoms with van der Waals surface area (Å²) < 4.78 is 0. The van der Waals surface area contributed by atoms with Crippen LogP contribution in [0.5, 0.6) is 0 Å². The minimum absolute atomic E-state index is 0.476. The fourth-order valence-corrected chi connectivity index (χ4v) is 14.4. The second-order valence-corrected chi connectivity index (χ2v) is 21.8. The Bertz CT molecular complexity index is 4600. The van der Waals surface area contributed by atoms with Crippen molar-refractivity contribution in [1.82, 2.24) is 0 Å². The zero-order valence-corrected chi connectivity index (χ0v) is 44.5. The van der Waals surface area contributed by atoms with E-state index in [0.29, 0.717) is 0 Å². The molecule has 0 saturated carbocycles. The Labute approximate surface area is 473 Å². The van der Waals surface area contributed by atoms with Gasteiger partial charge in [-0.25, -0.2) is 0 Å². The molecule has 0 aromatic heterocycles. The highest BCUT2D eigenvalue weighted by molar-refractivity contribution is 6.25. The van der Waals surface area contributed by atoms with Gasteiger partial charge >= 0.3 is 0 Å². The molecule has 0 N–H and O–H groups in total. The number of nitrogens with zero attached hydrogens (tertiary/aromatic N) is 1. The first-order chi connectivity index (χ1) is 40.2. The largest absolute Gasteiger partial charge is 0.310 e. The van der Waals surface area contributed by atoms with Gasteiger partial charge in [-0.2, -0.15) is 0 Å². The van der Waals surface area contributed by atoms with Crippen molar-refractivity contribution >= 4 is 49.4 Å². The molecule has 378 valence electrons. The predicted molar refractivity (Wildman–Crippen MR) is 339 cm³/mol. The number of rotatable bonds is 9. The van der Waals surface area contributed by atoms with Gasteiger partial charge in [-0.3, -0.25) is 0 Å². The number of hydrogen-bond acceptors (Lipinski definition) is 1. The Morgan fingerprint density at radius 3 is 1.11 bits per heavy atom. The molecule has 0 bridgehead atoms. The third-order valence-electron chi connectivity index (χ3n) is 17.8. The maximum absolute atomic E-state index is 2.46. The molecule has 0 radical (unpaired) electrons. The third kappa shape index (κ3) is 6.99. The second-order valence-electron chi connectivity index (χ2n) is 21.8. The summed E-state index contributed by atoms with van der Waals surface area (Å²) in [6.45, 7) is 0. The van der Waals surface area contributed by atoms with E-state index in [9.17, 15) is 0 Å². The van der Waals surface area contributed by atoms with Gasteiger partial charge in [-0.05, 0) is 164 Å². The lowest BCUT2D eigenvalue weighted by molar-refractivity contribution is 0.768. The molecule has 0 spiro atoms. The minimum Gasteiger partial charge on any atom is -0.310 e. The molecule has 1 heteroatoms. The van der Waals surface area contributed by atoms with Crippen LogP contribution in [0.15, 0.2) is 322 Å². The molecule has 14 aromatic rings. The highest BCUT2D eigenvalue weighted by Crippen LogP contribution is 2.59. The minimum atomic E-state index is -0.477. The molecule has 16 rings (SSSR count). The van der Waals surface area contributed by atoms with Crippen LogP contribution in [0.1, 0.15) is 44.5 Å². The second kappa shape index (κ2) is 18.7. The molecule has 0 aliphatic heterocycles. The van der Waals surface area contributed by atoms with Gasteiger partial charge in [0.15, 0.2) is 0 Å². The fraction of sp³-hybridized carbons (Fsp3) is 0.0250. The predicted octanol–water partition coefficient (Wildman–Crippen LogP) is 20.7. The maximum Gasteiger partial charge on any atom is 0.0713 e. The van der Waals surface area contributed by atoms with Crippen LogP contribution in [0, 0.1) is 0 Å². The first-order valence-electron chi connectivity index (χ1n) is 28.2. The molecular weight excluding hydrogens is 975 g/mol. The van der Waals surface area contributed by atoms with Gasteiger partial charge in [-0.15, -0.1) is 0 Å². The Morgan fingerprint density at radius 1 is 0.198 bits per heavy atom. The Balaban J connectivity index is 0.849. The summed E-state index contributed by atoms with van der Waals surface area (Å²) >= 11 is 0. The van der Waals surface area contributed by atoms with E-state index in [1.54, 1.807) is 0 Å². The first kappa shape index (κ1) is 46.7. The topological polar surface area (TPSA) is 3.24 Å². The highest BCUT2D eigenvalue weighted by atomic mass is 15.1. The van der Waals surface area contributed by atoms with Crippen LogP contribution in [0.25, 0.3) is 76.8 Å². The van der Waals surface area contributed by atoms with E-state index >= 15 is 0 Å². The van der Waals surface area contributed by atoms with Crippen LogP contribution in [0.3, 0.4) is 0 Å².